The predicted molar refractivity (Wildman–Crippen MR) is 121 cm³/mol. The highest BCUT2D eigenvalue weighted by Crippen LogP contribution is 2.35. The summed E-state index contributed by atoms with van der Waals surface area (Å²) < 4.78 is 37.0. The number of sulfonamides is 1. The van der Waals surface area contributed by atoms with Crippen LogP contribution in [0.25, 0.3) is 0 Å². The molecule has 0 aromatic heterocycles. The van der Waals surface area contributed by atoms with Crippen molar-refractivity contribution in [2.75, 3.05) is 24.8 Å². The number of hydrogen-bond acceptors (Lipinski definition) is 5. The number of nitrogens with one attached hydrogen (secondary N) is 1. The van der Waals surface area contributed by atoms with E-state index in [9.17, 15) is 13.2 Å². The molecular formula is C23H30N2O5S. The van der Waals surface area contributed by atoms with Gasteiger partial charge in [-0.25, -0.2) is 8.42 Å². The van der Waals surface area contributed by atoms with Gasteiger partial charge < -0.3 is 14.8 Å². The maximum absolute atomic E-state index is 13.1. The van der Waals surface area contributed by atoms with Crippen molar-refractivity contribution in [2.45, 2.75) is 45.2 Å². The van der Waals surface area contributed by atoms with Crippen molar-refractivity contribution >= 4 is 21.6 Å². The molecule has 2 atom stereocenters. The summed E-state index contributed by atoms with van der Waals surface area (Å²) in [5.74, 6) is 0.393. The van der Waals surface area contributed by atoms with E-state index in [-0.39, 0.29) is 11.7 Å². The monoisotopic (exact) mass is 446 g/mol. The van der Waals surface area contributed by atoms with E-state index < -0.39 is 22.0 Å². The van der Waals surface area contributed by atoms with Gasteiger partial charge >= 0.3 is 0 Å². The Morgan fingerprint density at radius 2 is 1.74 bits per heavy atom. The molecule has 1 aliphatic carbocycles. The summed E-state index contributed by atoms with van der Waals surface area (Å²) in [4.78, 5) is 13.1. The third-order valence-corrected chi connectivity index (χ3v) is 6.92. The highest BCUT2D eigenvalue weighted by atomic mass is 32.2. The lowest BCUT2D eigenvalue weighted by atomic mass is 10.0. The Kier molecular flexibility index (Phi) is 6.79. The average molecular weight is 447 g/mol. The summed E-state index contributed by atoms with van der Waals surface area (Å²) in [6, 6.07) is 9.87. The first-order chi connectivity index (χ1) is 14.7. The van der Waals surface area contributed by atoms with E-state index in [2.05, 4.69) is 17.4 Å². The maximum atomic E-state index is 13.1. The van der Waals surface area contributed by atoms with Crippen LogP contribution in [0.2, 0.25) is 0 Å². The zero-order valence-electron chi connectivity index (χ0n) is 18.6. The number of ether oxygens (including phenoxy) is 2. The van der Waals surface area contributed by atoms with Gasteiger partial charge in [0.2, 0.25) is 15.9 Å². The Hall–Kier alpha value is -2.74. The topological polar surface area (TPSA) is 84.9 Å². The minimum Gasteiger partial charge on any atom is -0.497 e. The van der Waals surface area contributed by atoms with E-state index in [0.717, 1.165) is 35.4 Å². The molecule has 2 aromatic carbocycles. The summed E-state index contributed by atoms with van der Waals surface area (Å²) in [5, 5.41) is 2.96. The van der Waals surface area contributed by atoms with E-state index in [1.807, 2.05) is 13.0 Å². The van der Waals surface area contributed by atoms with Crippen molar-refractivity contribution in [1.82, 2.24) is 5.32 Å². The van der Waals surface area contributed by atoms with Crippen LogP contribution >= 0.6 is 0 Å². The van der Waals surface area contributed by atoms with E-state index in [0.29, 0.717) is 11.5 Å². The fraction of sp³-hybridized carbons (Fsp3) is 0.435. The van der Waals surface area contributed by atoms with Gasteiger partial charge in [-0.2, -0.15) is 0 Å². The molecule has 0 spiro atoms. The minimum absolute atomic E-state index is 0.247. The molecule has 31 heavy (non-hydrogen) atoms. The number of nitrogens with zero attached hydrogens (tertiary/aromatic N) is 1. The molecule has 168 valence electrons. The molecule has 7 nitrogen and oxygen atoms in total. The number of methoxy groups -OCH3 is 2. The zero-order chi connectivity index (χ0) is 22.8. The Bertz CT molecular complexity index is 1070. The second-order valence-electron chi connectivity index (χ2n) is 7.88. The third kappa shape index (κ3) is 4.95. The fourth-order valence-corrected chi connectivity index (χ4v) is 5.20. The smallest absolute Gasteiger partial charge is 0.244 e. The van der Waals surface area contributed by atoms with E-state index in [1.54, 1.807) is 25.1 Å². The van der Waals surface area contributed by atoms with Crippen molar-refractivity contribution < 1.29 is 22.7 Å². The van der Waals surface area contributed by atoms with Gasteiger partial charge in [0.1, 0.15) is 17.5 Å². The molecule has 2 aromatic rings. The molecule has 1 amide bonds. The van der Waals surface area contributed by atoms with Crippen molar-refractivity contribution in [3.05, 3.63) is 53.1 Å². The van der Waals surface area contributed by atoms with Crippen LogP contribution in [0.4, 0.5) is 5.69 Å². The highest BCUT2D eigenvalue weighted by molar-refractivity contribution is 7.92. The molecule has 1 N–H and O–H groups in total. The van der Waals surface area contributed by atoms with Gasteiger partial charge in [-0.15, -0.1) is 0 Å². The number of carbonyl (C=O) groups is 1. The van der Waals surface area contributed by atoms with Crippen LogP contribution < -0.4 is 19.1 Å². The fourth-order valence-electron chi connectivity index (χ4n) is 4.03. The number of hydrogen-bond donors (Lipinski definition) is 1. The normalized spacial score (nSPS) is 15.0. The van der Waals surface area contributed by atoms with Crippen LogP contribution in [-0.4, -0.2) is 40.8 Å². The summed E-state index contributed by atoms with van der Waals surface area (Å²) in [6.45, 7) is 3.46. The largest absolute Gasteiger partial charge is 0.497 e. The molecule has 0 unspecified atom stereocenters. The average Bonchev–Trinajstić information content (AvgIpc) is 3.20. The lowest BCUT2D eigenvalue weighted by Gasteiger charge is -2.30. The van der Waals surface area contributed by atoms with Crippen LogP contribution in [0.5, 0.6) is 11.5 Å². The SMILES string of the molecule is COc1ccc(OC)c(N([C@H](C)C(=O)N[C@H](C)c2ccc3c(c2)CCC3)S(C)(=O)=O)c1. The molecule has 3 rings (SSSR count). The summed E-state index contributed by atoms with van der Waals surface area (Å²) in [6.07, 6.45) is 4.37. The summed E-state index contributed by atoms with van der Waals surface area (Å²) in [7, 11) is -0.850. The van der Waals surface area contributed by atoms with Crippen LogP contribution in [0.1, 0.15) is 43.0 Å². The molecule has 0 saturated carbocycles. The number of benzene rings is 2. The lowest BCUT2D eigenvalue weighted by molar-refractivity contribution is -0.122. The van der Waals surface area contributed by atoms with Crippen molar-refractivity contribution in [2.24, 2.45) is 0 Å². The number of aryl methyl sites for hydroxylation is 2. The van der Waals surface area contributed by atoms with E-state index in [1.165, 1.54) is 25.3 Å². The van der Waals surface area contributed by atoms with Gasteiger partial charge in [-0.3, -0.25) is 9.10 Å². The van der Waals surface area contributed by atoms with Crippen LogP contribution in [0.3, 0.4) is 0 Å². The number of carbonyl (C=O) groups excluding carboxylic acids is 1. The molecule has 8 heteroatoms. The predicted octanol–water partition coefficient (Wildman–Crippen LogP) is 3.22. The maximum Gasteiger partial charge on any atom is 0.244 e. The van der Waals surface area contributed by atoms with E-state index in [4.69, 9.17) is 9.47 Å². The van der Waals surface area contributed by atoms with Crippen molar-refractivity contribution in [3.63, 3.8) is 0 Å². The molecule has 0 fully saturated rings. The molecular weight excluding hydrogens is 416 g/mol. The first kappa shape index (κ1) is 22.9. The number of anilines is 1. The molecule has 0 radical (unpaired) electrons. The second-order valence-corrected chi connectivity index (χ2v) is 9.74. The number of rotatable bonds is 8. The molecule has 1 aliphatic rings. The van der Waals surface area contributed by atoms with Crippen LogP contribution in [0, 0.1) is 0 Å². The quantitative estimate of drug-likeness (QED) is 0.673. The van der Waals surface area contributed by atoms with Gasteiger partial charge in [0.05, 0.1) is 32.2 Å². The molecule has 0 bridgehead atoms. The highest BCUT2D eigenvalue weighted by Gasteiger charge is 2.32. The van der Waals surface area contributed by atoms with Crippen molar-refractivity contribution in [3.8, 4) is 11.5 Å². The van der Waals surface area contributed by atoms with Gasteiger partial charge in [0, 0.05) is 6.07 Å². The molecule has 0 saturated heterocycles. The number of amides is 1. The van der Waals surface area contributed by atoms with Crippen LogP contribution in [-0.2, 0) is 27.7 Å². The lowest BCUT2D eigenvalue weighted by Crippen LogP contribution is -2.48. The standard InChI is InChI=1S/C23H30N2O5S/c1-15(18-10-9-17-7-6-8-19(17)13-18)24-23(26)16(2)25(31(5,27)28)21-14-20(29-3)11-12-22(21)30-4/h9-16H,6-8H2,1-5H3,(H,24,26)/t15-,16-/m1/s1. The second kappa shape index (κ2) is 9.18. The first-order valence-corrected chi connectivity index (χ1v) is 12.1. The van der Waals surface area contributed by atoms with Gasteiger partial charge in [0.25, 0.3) is 0 Å². The van der Waals surface area contributed by atoms with Crippen molar-refractivity contribution in [1.29, 1.82) is 0 Å². The Morgan fingerprint density at radius 1 is 1.03 bits per heavy atom. The Balaban J connectivity index is 1.87. The van der Waals surface area contributed by atoms with Gasteiger partial charge in [-0.1, -0.05) is 18.2 Å². The summed E-state index contributed by atoms with van der Waals surface area (Å²) >= 11 is 0. The third-order valence-electron chi connectivity index (χ3n) is 5.69. The zero-order valence-corrected chi connectivity index (χ0v) is 19.5. The van der Waals surface area contributed by atoms with Crippen LogP contribution in [0.15, 0.2) is 36.4 Å². The molecule has 0 heterocycles. The summed E-state index contributed by atoms with van der Waals surface area (Å²) in [5.41, 5.74) is 3.94. The van der Waals surface area contributed by atoms with Gasteiger partial charge in [-0.05, 0) is 61.9 Å². The Morgan fingerprint density at radius 3 is 2.39 bits per heavy atom. The van der Waals surface area contributed by atoms with Gasteiger partial charge in [0.15, 0.2) is 0 Å². The Labute approximate surface area is 184 Å². The molecule has 0 aliphatic heterocycles. The van der Waals surface area contributed by atoms with E-state index >= 15 is 0 Å². The minimum atomic E-state index is -3.79. The number of fused-ring (bicyclic) bond motifs is 1. The first-order valence-electron chi connectivity index (χ1n) is 10.3.